The highest BCUT2D eigenvalue weighted by Gasteiger charge is 2.16. The van der Waals surface area contributed by atoms with E-state index in [1.54, 1.807) is 0 Å². The number of nitro benzene ring substituents is 1. The monoisotopic (exact) mass is 280 g/mol. The number of Topliss-reactive ketones (excluding diaryl/α,β-unsaturated/α-hetero) is 1. The zero-order valence-electron chi connectivity index (χ0n) is 10.5. The molecule has 1 heterocycles. The topological polar surface area (TPSA) is 72.2 Å². The summed E-state index contributed by atoms with van der Waals surface area (Å²) in [7, 11) is 0. The molecule has 102 valence electrons. The Morgan fingerprint density at radius 3 is 2.74 bits per heavy atom. The Balaban J connectivity index is 1.86. The number of hydrogen-bond acceptors (Lipinski definition) is 5. The average Bonchev–Trinajstić information content (AvgIpc) is 2.46. The summed E-state index contributed by atoms with van der Waals surface area (Å²) in [4.78, 5) is 22.0. The number of thioether (sulfide) groups is 1. The van der Waals surface area contributed by atoms with Gasteiger partial charge in [-0.1, -0.05) is 0 Å². The summed E-state index contributed by atoms with van der Waals surface area (Å²) in [5.41, 5.74) is 0.572. The fraction of sp³-hybridized carbons (Fsp3) is 0.462. The first-order valence-corrected chi connectivity index (χ1v) is 7.31. The number of nitro groups is 1. The molecule has 0 amide bonds. The van der Waals surface area contributed by atoms with Crippen molar-refractivity contribution in [2.45, 2.75) is 18.1 Å². The van der Waals surface area contributed by atoms with Gasteiger partial charge in [0.2, 0.25) is 0 Å². The van der Waals surface area contributed by atoms with E-state index < -0.39 is 4.92 Å². The molecule has 1 fully saturated rings. The van der Waals surface area contributed by atoms with Gasteiger partial charge in [0, 0.05) is 48.2 Å². The second kappa shape index (κ2) is 6.68. The maximum absolute atomic E-state index is 12.0. The Morgan fingerprint density at radius 2 is 2.16 bits per heavy atom. The molecule has 1 aromatic carbocycles. The number of hydrogen-bond donors (Lipinski definition) is 1. The smallest absolute Gasteiger partial charge is 0.269 e. The van der Waals surface area contributed by atoms with Gasteiger partial charge >= 0.3 is 0 Å². The van der Waals surface area contributed by atoms with E-state index in [2.05, 4.69) is 5.32 Å². The van der Waals surface area contributed by atoms with E-state index >= 15 is 0 Å². The van der Waals surface area contributed by atoms with Crippen molar-refractivity contribution in [2.75, 3.05) is 18.8 Å². The highest BCUT2D eigenvalue weighted by atomic mass is 32.2. The molecular formula is C13H16N2O3S. The van der Waals surface area contributed by atoms with Gasteiger partial charge in [0.1, 0.15) is 0 Å². The van der Waals surface area contributed by atoms with Gasteiger partial charge in [-0.25, -0.2) is 0 Å². The molecule has 6 heteroatoms. The minimum atomic E-state index is -0.460. The molecule has 1 unspecified atom stereocenters. The molecule has 1 aliphatic heterocycles. The zero-order chi connectivity index (χ0) is 13.7. The van der Waals surface area contributed by atoms with Crippen LogP contribution in [0.4, 0.5) is 5.69 Å². The van der Waals surface area contributed by atoms with E-state index in [9.17, 15) is 14.9 Å². The van der Waals surface area contributed by atoms with Gasteiger partial charge in [-0.15, -0.1) is 0 Å². The summed E-state index contributed by atoms with van der Waals surface area (Å²) < 4.78 is 0. The first-order valence-electron chi connectivity index (χ1n) is 6.27. The molecule has 2 rings (SSSR count). The van der Waals surface area contributed by atoms with Gasteiger partial charge in [-0.2, -0.15) is 11.8 Å². The van der Waals surface area contributed by atoms with E-state index in [0.29, 0.717) is 17.2 Å². The Morgan fingerprint density at radius 1 is 1.42 bits per heavy atom. The molecule has 1 atom stereocenters. The fourth-order valence-electron chi connectivity index (χ4n) is 2.01. The van der Waals surface area contributed by atoms with Gasteiger partial charge in [0.15, 0.2) is 5.78 Å². The number of non-ortho nitro benzene ring substituents is 1. The molecule has 0 saturated carbocycles. The van der Waals surface area contributed by atoms with Crippen LogP contribution in [0.3, 0.4) is 0 Å². The van der Waals surface area contributed by atoms with E-state index in [0.717, 1.165) is 25.3 Å². The molecule has 0 radical (unpaired) electrons. The Hall–Kier alpha value is -1.40. The highest BCUT2D eigenvalue weighted by molar-refractivity contribution is 8.00. The third-order valence-corrected chi connectivity index (χ3v) is 4.41. The minimum absolute atomic E-state index is 0.0172. The predicted octanol–water partition coefficient (Wildman–Crippen LogP) is 2.26. The van der Waals surface area contributed by atoms with Crippen LogP contribution in [-0.2, 0) is 0 Å². The third-order valence-electron chi connectivity index (χ3n) is 3.10. The lowest BCUT2D eigenvalue weighted by Crippen LogP contribution is -2.32. The number of ketones is 1. The lowest BCUT2D eigenvalue weighted by Gasteiger charge is -2.21. The second-order valence-corrected chi connectivity index (χ2v) is 5.87. The van der Waals surface area contributed by atoms with Crippen LogP contribution in [-0.4, -0.2) is 34.8 Å². The minimum Gasteiger partial charge on any atom is -0.315 e. The van der Waals surface area contributed by atoms with Crippen LogP contribution in [0.1, 0.15) is 23.2 Å². The van der Waals surface area contributed by atoms with Crippen molar-refractivity contribution < 1.29 is 9.72 Å². The number of carbonyl (C=O) groups excluding carboxylic acids is 1. The van der Waals surface area contributed by atoms with Crippen molar-refractivity contribution in [1.82, 2.24) is 5.32 Å². The molecule has 19 heavy (non-hydrogen) atoms. The van der Waals surface area contributed by atoms with Crippen LogP contribution < -0.4 is 5.32 Å². The van der Waals surface area contributed by atoms with E-state index in [4.69, 9.17) is 0 Å². The number of nitrogens with one attached hydrogen (secondary N) is 1. The maximum Gasteiger partial charge on any atom is 0.269 e. The van der Waals surface area contributed by atoms with Crippen molar-refractivity contribution in [2.24, 2.45) is 0 Å². The molecular weight excluding hydrogens is 264 g/mol. The third kappa shape index (κ3) is 4.04. The maximum atomic E-state index is 12.0. The Labute approximate surface area is 115 Å². The fourth-order valence-corrected chi connectivity index (χ4v) is 3.13. The lowest BCUT2D eigenvalue weighted by molar-refractivity contribution is -0.384. The number of benzene rings is 1. The van der Waals surface area contributed by atoms with Gasteiger partial charge in [0.05, 0.1) is 4.92 Å². The predicted molar refractivity (Wildman–Crippen MR) is 75.8 cm³/mol. The van der Waals surface area contributed by atoms with Gasteiger partial charge < -0.3 is 5.32 Å². The highest BCUT2D eigenvalue weighted by Crippen LogP contribution is 2.20. The van der Waals surface area contributed by atoms with Gasteiger partial charge in [-0.3, -0.25) is 14.9 Å². The molecule has 1 saturated heterocycles. The number of carbonyl (C=O) groups is 1. The lowest BCUT2D eigenvalue weighted by atomic mass is 10.0. The van der Waals surface area contributed by atoms with Crippen LogP contribution in [0.2, 0.25) is 0 Å². The summed E-state index contributed by atoms with van der Waals surface area (Å²) >= 11 is 1.90. The Kier molecular flexibility index (Phi) is 4.93. The summed E-state index contributed by atoms with van der Waals surface area (Å²) in [5, 5.41) is 14.3. The van der Waals surface area contributed by atoms with Crippen molar-refractivity contribution in [3.8, 4) is 0 Å². The van der Waals surface area contributed by atoms with E-state index in [1.807, 2.05) is 11.8 Å². The number of nitrogens with zero attached hydrogens (tertiary/aromatic N) is 1. The van der Waals surface area contributed by atoms with Crippen molar-refractivity contribution >= 4 is 23.2 Å². The molecule has 1 N–H and O–H groups in total. The quantitative estimate of drug-likeness (QED) is 0.509. The molecule has 1 aromatic rings. The number of rotatable bonds is 5. The van der Waals surface area contributed by atoms with Crippen molar-refractivity contribution in [1.29, 1.82) is 0 Å². The van der Waals surface area contributed by atoms with Crippen LogP contribution in [0.15, 0.2) is 24.3 Å². The normalized spacial score (nSPS) is 19.1. The van der Waals surface area contributed by atoms with E-state index in [1.165, 1.54) is 24.3 Å². The van der Waals surface area contributed by atoms with Gasteiger partial charge in [-0.05, 0) is 18.6 Å². The summed E-state index contributed by atoms with van der Waals surface area (Å²) in [6.07, 6.45) is 1.35. The molecule has 1 aliphatic rings. The first-order chi connectivity index (χ1) is 9.16. The van der Waals surface area contributed by atoms with E-state index in [-0.39, 0.29) is 11.5 Å². The standard InChI is InChI=1S/C13H16N2O3S/c16-13(6-5-12-9-14-7-8-19-12)10-1-3-11(4-2-10)15(17)18/h1-4,12,14H,5-9H2. The first kappa shape index (κ1) is 14.0. The van der Waals surface area contributed by atoms with Crippen molar-refractivity contribution in [3.05, 3.63) is 39.9 Å². The molecule has 0 aromatic heterocycles. The van der Waals surface area contributed by atoms with Crippen LogP contribution in [0.25, 0.3) is 0 Å². The zero-order valence-corrected chi connectivity index (χ0v) is 11.3. The van der Waals surface area contributed by atoms with Gasteiger partial charge in [0.25, 0.3) is 5.69 Å². The van der Waals surface area contributed by atoms with Crippen LogP contribution in [0.5, 0.6) is 0 Å². The molecule has 0 spiro atoms. The Bertz CT molecular complexity index is 455. The second-order valence-electron chi connectivity index (χ2n) is 4.46. The van der Waals surface area contributed by atoms with Crippen molar-refractivity contribution in [3.63, 3.8) is 0 Å². The summed E-state index contributed by atoms with van der Waals surface area (Å²) in [5.74, 6) is 1.15. The average molecular weight is 280 g/mol. The summed E-state index contributed by atoms with van der Waals surface area (Å²) in [6.45, 7) is 2.00. The van der Waals surface area contributed by atoms with Crippen LogP contribution >= 0.6 is 11.8 Å². The SMILES string of the molecule is O=C(CCC1CNCCS1)c1ccc([N+](=O)[O-])cc1. The molecule has 0 bridgehead atoms. The molecule has 0 aliphatic carbocycles. The van der Waals surface area contributed by atoms with Crippen LogP contribution in [0, 0.1) is 10.1 Å². The summed E-state index contributed by atoms with van der Waals surface area (Å²) in [6, 6.07) is 5.83. The largest absolute Gasteiger partial charge is 0.315 e. The molecule has 5 nitrogen and oxygen atoms in total.